The maximum absolute atomic E-state index is 13.0. The van der Waals surface area contributed by atoms with E-state index in [2.05, 4.69) is 40.5 Å². The normalized spacial score (nSPS) is 25.6. The van der Waals surface area contributed by atoms with Crippen LogP contribution in [-0.4, -0.2) is 47.8 Å². The highest BCUT2D eigenvalue weighted by molar-refractivity contribution is 5.96. The van der Waals surface area contributed by atoms with Gasteiger partial charge in [0, 0.05) is 25.7 Å². The van der Waals surface area contributed by atoms with Gasteiger partial charge < -0.3 is 15.2 Å². The minimum absolute atomic E-state index is 0.165. The predicted octanol–water partition coefficient (Wildman–Crippen LogP) is 5.73. The van der Waals surface area contributed by atoms with Crippen molar-refractivity contribution in [2.75, 3.05) is 19.7 Å². The summed E-state index contributed by atoms with van der Waals surface area (Å²) in [5.74, 6) is 3.70. The lowest BCUT2D eigenvalue weighted by Gasteiger charge is -2.57. The Hall–Kier alpha value is -3.15. The summed E-state index contributed by atoms with van der Waals surface area (Å²) in [6.07, 6.45) is 7.23. The third-order valence-corrected chi connectivity index (χ3v) is 9.43. The Morgan fingerprint density at radius 2 is 1.43 bits per heavy atom. The zero-order valence-corrected chi connectivity index (χ0v) is 23.3. The largest absolute Gasteiger partial charge is 0.490 e. The summed E-state index contributed by atoms with van der Waals surface area (Å²) < 4.78 is 6.10. The third-order valence-electron chi connectivity index (χ3n) is 9.43. The van der Waals surface area contributed by atoms with Crippen molar-refractivity contribution in [3.63, 3.8) is 0 Å². The van der Waals surface area contributed by atoms with Crippen molar-refractivity contribution in [3.05, 3.63) is 102 Å². The molecule has 40 heavy (non-hydrogen) atoms. The average molecular weight is 539 g/mol. The van der Waals surface area contributed by atoms with E-state index in [-0.39, 0.29) is 12.5 Å². The van der Waals surface area contributed by atoms with Crippen molar-refractivity contribution in [2.45, 2.75) is 57.2 Å². The second-order valence-electron chi connectivity index (χ2n) is 12.3. The number of para-hydroxylation sites is 1. The average Bonchev–Trinajstić information content (AvgIpc) is 2.98. The van der Waals surface area contributed by atoms with Crippen LogP contribution in [0.3, 0.4) is 0 Å². The Morgan fingerprint density at radius 3 is 2.10 bits per heavy atom. The molecule has 4 aliphatic rings. The number of aliphatic hydroxyl groups is 1. The molecule has 2 N–H and O–H groups in total. The van der Waals surface area contributed by atoms with Gasteiger partial charge >= 0.3 is 0 Å². The molecule has 1 unspecified atom stereocenters. The fourth-order valence-corrected chi connectivity index (χ4v) is 7.94. The number of carbonyl (C=O) groups excluding carboxylic acids is 1. The highest BCUT2D eigenvalue weighted by Crippen LogP contribution is 2.55. The van der Waals surface area contributed by atoms with Gasteiger partial charge in [-0.25, -0.2) is 0 Å². The fourth-order valence-electron chi connectivity index (χ4n) is 7.94. The minimum Gasteiger partial charge on any atom is -0.490 e. The highest BCUT2D eigenvalue weighted by Gasteiger charge is 2.50. The molecule has 5 nitrogen and oxygen atoms in total. The maximum atomic E-state index is 13.0. The Kier molecular flexibility index (Phi) is 8.50. The monoisotopic (exact) mass is 538 g/mol. The molecule has 1 amide bonds. The van der Waals surface area contributed by atoms with Crippen LogP contribution in [0.15, 0.2) is 84.9 Å². The molecule has 3 aromatic carbocycles. The summed E-state index contributed by atoms with van der Waals surface area (Å²) in [5, 5.41) is 14.2. The van der Waals surface area contributed by atoms with Crippen molar-refractivity contribution in [2.24, 2.45) is 23.7 Å². The van der Waals surface area contributed by atoms with Crippen LogP contribution < -0.4 is 10.1 Å². The molecule has 4 aliphatic carbocycles. The quantitative estimate of drug-likeness (QED) is 0.309. The molecule has 1 atom stereocenters. The smallest absolute Gasteiger partial charge is 0.255 e. The van der Waals surface area contributed by atoms with Gasteiger partial charge in [0.05, 0.1) is 5.56 Å². The van der Waals surface area contributed by atoms with Gasteiger partial charge in [-0.3, -0.25) is 9.69 Å². The molecule has 210 valence electrons. The second kappa shape index (κ2) is 12.6. The minimum atomic E-state index is -0.631. The number of rotatable bonds is 12. The van der Waals surface area contributed by atoms with Crippen molar-refractivity contribution in [1.29, 1.82) is 0 Å². The van der Waals surface area contributed by atoms with Crippen molar-refractivity contribution in [1.82, 2.24) is 10.2 Å². The number of aliphatic hydroxyl groups excluding tert-OH is 1. The molecular weight excluding hydrogens is 496 g/mol. The van der Waals surface area contributed by atoms with Crippen molar-refractivity contribution in [3.8, 4) is 5.75 Å². The zero-order chi connectivity index (χ0) is 27.3. The molecule has 0 heterocycles. The molecule has 3 aromatic rings. The molecule has 4 bridgehead atoms. The molecule has 0 aromatic heterocycles. The summed E-state index contributed by atoms with van der Waals surface area (Å²) in [7, 11) is 0. The first-order chi connectivity index (χ1) is 19.6. The number of benzene rings is 3. The van der Waals surface area contributed by atoms with E-state index < -0.39 is 6.10 Å². The number of ether oxygens (including phenoxy) is 1. The Balaban J connectivity index is 1.09. The van der Waals surface area contributed by atoms with E-state index in [0.717, 1.165) is 42.2 Å². The van der Waals surface area contributed by atoms with E-state index in [1.54, 1.807) is 6.07 Å². The predicted molar refractivity (Wildman–Crippen MR) is 158 cm³/mol. The van der Waals surface area contributed by atoms with Gasteiger partial charge in [0.2, 0.25) is 0 Å². The summed E-state index contributed by atoms with van der Waals surface area (Å²) in [4.78, 5) is 15.6. The van der Waals surface area contributed by atoms with Crippen LogP contribution in [0.25, 0.3) is 0 Å². The summed E-state index contributed by atoms with van der Waals surface area (Å²) in [5.41, 5.74) is 2.88. The van der Waals surface area contributed by atoms with E-state index >= 15 is 0 Å². The third kappa shape index (κ3) is 6.42. The molecule has 0 saturated heterocycles. The zero-order valence-electron chi connectivity index (χ0n) is 23.3. The molecular formula is C35H42N2O3. The number of nitrogens with zero attached hydrogens (tertiary/aromatic N) is 1. The Labute approximate surface area is 238 Å². The second-order valence-corrected chi connectivity index (χ2v) is 12.3. The van der Waals surface area contributed by atoms with Gasteiger partial charge in [-0.05, 0) is 85.5 Å². The van der Waals surface area contributed by atoms with Gasteiger partial charge in [0.25, 0.3) is 5.91 Å². The highest BCUT2D eigenvalue weighted by atomic mass is 16.5. The lowest BCUT2D eigenvalue weighted by molar-refractivity contribution is -0.0769. The van der Waals surface area contributed by atoms with Crippen LogP contribution in [0.2, 0.25) is 0 Å². The van der Waals surface area contributed by atoms with E-state index in [1.165, 1.54) is 37.7 Å². The van der Waals surface area contributed by atoms with Gasteiger partial charge in [-0.1, -0.05) is 72.8 Å². The molecule has 5 heteroatoms. The van der Waals surface area contributed by atoms with Crippen LogP contribution in [0, 0.1) is 23.7 Å². The summed E-state index contributed by atoms with van der Waals surface area (Å²) >= 11 is 0. The van der Waals surface area contributed by atoms with Crippen LogP contribution in [0.1, 0.15) is 53.6 Å². The summed E-state index contributed by atoms with van der Waals surface area (Å²) in [6.45, 7) is 2.17. The number of amides is 1. The standard InChI is InChI=1S/C35H42N2O3/c38-31(24-40-33-14-8-7-13-32(33)35(39)36-22-26-11-5-2-6-12-26)23-37(16-15-25-9-3-1-4-10-25)34-29-18-27-17-28(20-29)21-30(34)19-27/h1-14,27-31,34,38H,15-24H2,(H,36,39). The van der Waals surface area contributed by atoms with Crippen LogP contribution in [0.4, 0.5) is 0 Å². The molecule has 0 spiro atoms. The first-order valence-corrected chi connectivity index (χ1v) is 15.1. The van der Waals surface area contributed by atoms with Crippen molar-refractivity contribution >= 4 is 5.91 Å². The summed E-state index contributed by atoms with van der Waals surface area (Å²) in [6, 6.07) is 28.4. The van der Waals surface area contributed by atoms with Gasteiger partial charge in [0.15, 0.2) is 0 Å². The van der Waals surface area contributed by atoms with Crippen molar-refractivity contribution < 1.29 is 14.6 Å². The SMILES string of the molecule is O=C(NCc1ccccc1)c1ccccc1OCC(O)CN(CCc1ccccc1)C1C2CC3CC(C2)CC1C3. The first-order valence-electron chi connectivity index (χ1n) is 15.1. The van der Waals surface area contributed by atoms with Gasteiger partial charge in [-0.15, -0.1) is 0 Å². The van der Waals surface area contributed by atoms with E-state index in [0.29, 0.717) is 30.4 Å². The van der Waals surface area contributed by atoms with E-state index in [4.69, 9.17) is 4.74 Å². The molecule has 4 saturated carbocycles. The number of nitrogens with one attached hydrogen (secondary N) is 1. The van der Waals surface area contributed by atoms with E-state index in [1.807, 2.05) is 48.5 Å². The Bertz CT molecular complexity index is 1220. The fraction of sp³-hybridized carbons (Fsp3) is 0.457. The van der Waals surface area contributed by atoms with Gasteiger partial charge in [-0.2, -0.15) is 0 Å². The number of hydrogen-bond donors (Lipinski definition) is 2. The molecule has 0 radical (unpaired) electrons. The topological polar surface area (TPSA) is 61.8 Å². The molecule has 7 rings (SSSR count). The Morgan fingerprint density at radius 1 is 0.825 bits per heavy atom. The first kappa shape index (κ1) is 27.0. The molecule has 0 aliphatic heterocycles. The van der Waals surface area contributed by atoms with Crippen LogP contribution in [0.5, 0.6) is 5.75 Å². The lowest BCUT2D eigenvalue weighted by Crippen LogP contribution is -2.57. The van der Waals surface area contributed by atoms with E-state index in [9.17, 15) is 9.90 Å². The van der Waals surface area contributed by atoms with Crippen LogP contribution in [-0.2, 0) is 13.0 Å². The maximum Gasteiger partial charge on any atom is 0.255 e. The lowest BCUT2D eigenvalue weighted by atomic mass is 9.54. The molecule has 4 fully saturated rings. The van der Waals surface area contributed by atoms with Crippen LogP contribution >= 0.6 is 0 Å². The number of carbonyl (C=O) groups is 1. The number of hydrogen-bond acceptors (Lipinski definition) is 4. The van der Waals surface area contributed by atoms with Gasteiger partial charge in [0.1, 0.15) is 18.5 Å².